The molecule has 10 atom stereocenters. The number of aliphatic hydroxyl groups excluding tert-OH is 8. The Morgan fingerprint density at radius 1 is 0.652 bits per heavy atom. The molecule has 0 aromatic carbocycles. The summed E-state index contributed by atoms with van der Waals surface area (Å²) in [5.74, 6) is 0. The molecule has 11 heteroatoms. The first kappa shape index (κ1) is 18.9. The van der Waals surface area contributed by atoms with E-state index in [9.17, 15) is 35.7 Å². The highest BCUT2D eigenvalue weighted by atomic mass is 16.7. The molecule has 0 saturated carbocycles. The molecule has 0 radical (unpaired) electrons. The van der Waals surface area contributed by atoms with Gasteiger partial charge in [0.25, 0.3) is 0 Å². The minimum absolute atomic E-state index is 0.667. The van der Waals surface area contributed by atoms with Crippen LogP contribution in [0.3, 0.4) is 0 Å². The van der Waals surface area contributed by atoms with Gasteiger partial charge in [-0.1, -0.05) is 0 Å². The quantitative estimate of drug-likeness (QED) is 0.243. The summed E-state index contributed by atoms with van der Waals surface area (Å²) in [5.41, 5.74) is 0. The van der Waals surface area contributed by atoms with Gasteiger partial charge in [-0.05, 0) is 0 Å². The Bertz CT molecular complexity index is 378. The summed E-state index contributed by atoms with van der Waals surface area (Å²) in [6, 6.07) is 0. The van der Waals surface area contributed by atoms with Crippen LogP contribution in [0.1, 0.15) is 0 Å². The van der Waals surface area contributed by atoms with Gasteiger partial charge in [0.15, 0.2) is 12.6 Å². The van der Waals surface area contributed by atoms with Crippen LogP contribution >= 0.6 is 0 Å². The third-order valence-corrected chi connectivity index (χ3v) is 3.98. The Morgan fingerprint density at radius 3 is 1.83 bits per heavy atom. The van der Waals surface area contributed by atoms with Gasteiger partial charge in [-0.3, -0.25) is 0 Å². The molecule has 0 spiro atoms. The summed E-state index contributed by atoms with van der Waals surface area (Å²) < 4.78 is 15.3. The zero-order chi connectivity index (χ0) is 17.3. The van der Waals surface area contributed by atoms with E-state index in [0.29, 0.717) is 0 Å². The van der Waals surface area contributed by atoms with Crippen molar-refractivity contribution < 1.29 is 55.1 Å². The second-order valence-corrected chi connectivity index (χ2v) is 5.53. The lowest BCUT2D eigenvalue weighted by Crippen LogP contribution is -2.64. The molecule has 2 aliphatic heterocycles. The molecular formula is C12H22O11. The molecule has 8 N–H and O–H groups in total. The maximum absolute atomic E-state index is 9.94. The molecule has 0 aliphatic carbocycles. The molecule has 2 fully saturated rings. The molecule has 2 heterocycles. The molecule has 11 nitrogen and oxygen atoms in total. The summed E-state index contributed by atoms with van der Waals surface area (Å²) in [5, 5.41) is 76.5. The van der Waals surface area contributed by atoms with Gasteiger partial charge in [-0.15, -0.1) is 0 Å². The van der Waals surface area contributed by atoms with Gasteiger partial charge in [0.05, 0.1) is 13.2 Å². The standard InChI is InChI=1S/C12H22O11/c13-1-3-5(15)6(16)9(19)12(22-3)23-10-4(2-14)21-11(20)8(18)7(10)17/h3-20H,1-2H2/t3-,4-,5+,6-,7-,8-,9+,10-,11-,12+/m1/s1. The predicted molar refractivity (Wildman–Crippen MR) is 68.6 cm³/mol. The van der Waals surface area contributed by atoms with E-state index < -0.39 is 74.6 Å². The van der Waals surface area contributed by atoms with Crippen molar-refractivity contribution in [2.24, 2.45) is 0 Å². The van der Waals surface area contributed by atoms with Crippen molar-refractivity contribution in [3.63, 3.8) is 0 Å². The monoisotopic (exact) mass is 342 g/mol. The molecular weight excluding hydrogens is 320 g/mol. The van der Waals surface area contributed by atoms with Crippen LogP contribution in [0.4, 0.5) is 0 Å². The summed E-state index contributed by atoms with van der Waals surface area (Å²) in [6.45, 7) is -1.35. The molecule has 2 aliphatic rings. The molecule has 0 aromatic rings. The first-order valence-electron chi connectivity index (χ1n) is 7.08. The van der Waals surface area contributed by atoms with Gasteiger partial charge in [0.2, 0.25) is 0 Å². The lowest BCUT2D eigenvalue weighted by atomic mass is 9.97. The number of hydrogen-bond donors (Lipinski definition) is 8. The molecule has 2 saturated heterocycles. The lowest BCUT2D eigenvalue weighted by molar-refractivity contribution is -0.355. The molecule has 0 aromatic heterocycles. The number of rotatable bonds is 4. The van der Waals surface area contributed by atoms with E-state index in [2.05, 4.69) is 0 Å². The second-order valence-electron chi connectivity index (χ2n) is 5.53. The fraction of sp³-hybridized carbons (Fsp3) is 1.00. The number of hydrogen-bond acceptors (Lipinski definition) is 11. The van der Waals surface area contributed by atoms with Crippen LogP contribution in [0.15, 0.2) is 0 Å². The second kappa shape index (κ2) is 7.63. The Balaban J connectivity index is 2.11. The van der Waals surface area contributed by atoms with Crippen molar-refractivity contribution in [2.45, 2.75) is 61.4 Å². The van der Waals surface area contributed by atoms with Gasteiger partial charge in [0, 0.05) is 0 Å². The van der Waals surface area contributed by atoms with E-state index in [1.165, 1.54) is 0 Å². The van der Waals surface area contributed by atoms with E-state index >= 15 is 0 Å². The Labute approximate surface area is 130 Å². The van der Waals surface area contributed by atoms with Crippen molar-refractivity contribution in [3.05, 3.63) is 0 Å². The van der Waals surface area contributed by atoms with E-state index in [4.69, 9.17) is 19.3 Å². The van der Waals surface area contributed by atoms with Gasteiger partial charge in [-0.25, -0.2) is 0 Å². The van der Waals surface area contributed by atoms with Gasteiger partial charge >= 0.3 is 0 Å². The minimum atomic E-state index is -1.74. The van der Waals surface area contributed by atoms with E-state index in [0.717, 1.165) is 0 Å². The highest BCUT2D eigenvalue weighted by Gasteiger charge is 2.50. The molecule has 0 bridgehead atoms. The van der Waals surface area contributed by atoms with Crippen LogP contribution in [-0.2, 0) is 14.2 Å². The van der Waals surface area contributed by atoms with Crippen LogP contribution in [0.25, 0.3) is 0 Å². The predicted octanol–water partition coefficient (Wildman–Crippen LogP) is -5.40. The normalized spacial score (nSPS) is 51.7. The van der Waals surface area contributed by atoms with Crippen molar-refractivity contribution in [3.8, 4) is 0 Å². The smallest absolute Gasteiger partial charge is 0.187 e. The highest BCUT2D eigenvalue weighted by Crippen LogP contribution is 2.28. The van der Waals surface area contributed by atoms with Crippen LogP contribution in [0.5, 0.6) is 0 Å². The van der Waals surface area contributed by atoms with Crippen molar-refractivity contribution in [2.75, 3.05) is 13.2 Å². The molecule has 23 heavy (non-hydrogen) atoms. The Hall–Kier alpha value is -0.440. The van der Waals surface area contributed by atoms with E-state index in [-0.39, 0.29) is 0 Å². The topological polar surface area (TPSA) is 190 Å². The number of ether oxygens (including phenoxy) is 3. The Kier molecular flexibility index (Phi) is 6.27. The highest BCUT2D eigenvalue weighted by molar-refractivity contribution is 4.93. The number of aliphatic hydroxyl groups is 8. The third kappa shape index (κ3) is 3.65. The average Bonchev–Trinajstić information content (AvgIpc) is 2.55. The van der Waals surface area contributed by atoms with Gasteiger partial charge in [-0.2, -0.15) is 0 Å². The lowest BCUT2D eigenvalue weighted by Gasteiger charge is -2.45. The van der Waals surface area contributed by atoms with Crippen LogP contribution in [0.2, 0.25) is 0 Å². The zero-order valence-electron chi connectivity index (χ0n) is 12.0. The first-order chi connectivity index (χ1) is 10.8. The van der Waals surface area contributed by atoms with Crippen LogP contribution in [0, 0.1) is 0 Å². The zero-order valence-corrected chi connectivity index (χ0v) is 12.0. The maximum Gasteiger partial charge on any atom is 0.187 e. The average molecular weight is 342 g/mol. The third-order valence-electron chi connectivity index (χ3n) is 3.98. The molecule has 2 rings (SSSR count). The summed E-state index contributed by atoms with van der Waals surface area (Å²) in [7, 11) is 0. The summed E-state index contributed by atoms with van der Waals surface area (Å²) >= 11 is 0. The fourth-order valence-electron chi connectivity index (χ4n) is 2.57. The molecule has 136 valence electrons. The van der Waals surface area contributed by atoms with Crippen LogP contribution in [-0.4, -0.2) is 115 Å². The largest absolute Gasteiger partial charge is 0.394 e. The van der Waals surface area contributed by atoms with Crippen molar-refractivity contribution in [1.82, 2.24) is 0 Å². The minimum Gasteiger partial charge on any atom is -0.394 e. The van der Waals surface area contributed by atoms with E-state index in [1.54, 1.807) is 0 Å². The van der Waals surface area contributed by atoms with Gasteiger partial charge < -0.3 is 55.1 Å². The Morgan fingerprint density at radius 2 is 1.26 bits per heavy atom. The summed E-state index contributed by atoms with van der Waals surface area (Å²) in [4.78, 5) is 0. The van der Waals surface area contributed by atoms with Crippen molar-refractivity contribution in [1.29, 1.82) is 0 Å². The van der Waals surface area contributed by atoms with Crippen molar-refractivity contribution >= 4 is 0 Å². The van der Waals surface area contributed by atoms with Gasteiger partial charge in [0.1, 0.15) is 48.8 Å². The van der Waals surface area contributed by atoms with Crippen LogP contribution < -0.4 is 0 Å². The maximum atomic E-state index is 9.94. The van der Waals surface area contributed by atoms with E-state index in [1.807, 2.05) is 0 Å². The SMILES string of the molecule is OC[C@H]1O[C@@H](O[C@H]2[C@H](O)[C@@H](O)[C@H](O)O[C@@H]2CO)[C@@H](O)[C@H](O)[C@H]1O. The molecule has 0 amide bonds. The summed E-state index contributed by atoms with van der Waals surface area (Å²) in [6.07, 6.45) is -15.6. The fourth-order valence-corrected chi connectivity index (χ4v) is 2.57. The molecule has 0 unspecified atom stereocenters. The first-order valence-corrected chi connectivity index (χ1v) is 7.08.